The van der Waals surface area contributed by atoms with Gasteiger partial charge in [0.05, 0.1) is 28.4 Å². The molecule has 7 heteroatoms. The molecule has 0 aromatic heterocycles. The van der Waals surface area contributed by atoms with Crippen LogP contribution < -0.4 is 23.7 Å². The van der Waals surface area contributed by atoms with E-state index in [9.17, 15) is 9.90 Å². The van der Waals surface area contributed by atoms with E-state index in [1.165, 1.54) is 21.3 Å². The minimum Gasteiger partial charge on any atom is -0.497 e. The Hall–Kier alpha value is -2.93. The number of methoxy groups -OCH3 is 4. The van der Waals surface area contributed by atoms with Crippen LogP contribution in [0.25, 0.3) is 0 Å². The Bertz CT molecular complexity index is 844. The highest BCUT2D eigenvalue weighted by Gasteiger charge is 2.45. The van der Waals surface area contributed by atoms with Gasteiger partial charge in [-0.1, -0.05) is 12.1 Å². The first-order valence-electron chi connectivity index (χ1n) is 8.33. The fourth-order valence-electron chi connectivity index (χ4n) is 3.17. The van der Waals surface area contributed by atoms with E-state index in [2.05, 4.69) is 0 Å². The molecule has 0 aliphatic carbocycles. The summed E-state index contributed by atoms with van der Waals surface area (Å²) in [5.41, 5.74) is -0.815. The second-order valence-electron chi connectivity index (χ2n) is 6.19. The van der Waals surface area contributed by atoms with Crippen LogP contribution in [0.5, 0.6) is 28.7 Å². The zero-order valence-electron chi connectivity index (χ0n) is 15.7. The minimum absolute atomic E-state index is 0.0900. The standard InChI is InChI=1S/C20H22O7/c1-23-13-7-5-12(6-8-13)10-20(22)11-27-14-9-15(24-2)17(25-3)18(26-4)16(14)19(20)21/h5-9,22H,10-11H2,1-4H3/t20-/m0/s1. The van der Waals surface area contributed by atoms with Crippen molar-refractivity contribution in [3.05, 3.63) is 41.5 Å². The smallest absolute Gasteiger partial charge is 0.205 e. The first-order valence-corrected chi connectivity index (χ1v) is 8.33. The van der Waals surface area contributed by atoms with Crippen LogP contribution in [-0.4, -0.2) is 51.5 Å². The molecule has 1 aliphatic rings. The van der Waals surface area contributed by atoms with Crippen molar-refractivity contribution in [2.45, 2.75) is 12.0 Å². The molecule has 0 saturated carbocycles. The van der Waals surface area contributed by atoms with E-state index < -0.39 is 11.4 Å². The van der Waals surface area contributed by atoms with Gasteiger partial charge in [0, 0.05) is 12.5 Å². The van der Waals surface area contributed by atoms with Gasteiger partial charge in [0.15, 0.2) is 17.1 Å². The average Bonchev–Trinajstić information content (AvgIpc) is 2.70. The third-order valence-corrected chi connectivity index (χ3v) is 4.57. The van der Waals surface area contributed by atoms with Crippen LogP contribution in [0.3, 0.4) is 0 Å². The second kappa shape index (κ2) is 7.36. The van der Waals surface area contributed by atoms with Gasteiger partial charge in [0.25, 0.3) is 0 Å². The summed E-state index contributed by atoms with van der Waals surface area (Å²) in [6.07, 6.45) is 0.0900. The Balaban J connectivity index is 2.01. The quantitative estimate of drug-likeness (QED) is 0.830. The lowest BCUT2D eigenvalue weighted by Crippen LogP contribution is -2.49. The number of rotatable bonds is 6. The van der Waals surface area contributed by atoms with Crippen molar-refractivity contribution in [3.8, 4) is 28.7 Å². The van der Waals surface area contributed by atoms with Crippen molar-refractivity contribution in [2.75, 3.05) is 35.0 Å². The molecule has 1 N–H and O–H groups in total. The lowest BCUT2D eigenvalue weighted by atomic mass is 9.84. The molecule has 27 heavy (non-hydrogen) atoms. The van der Waals surface area contributed by atoms with Gasteiger partial charge in [-0.2, -0.15) is 0 Å². The van der Waals surface area contributed by atoms with Crippen LogP contribution in [0.15, 0.2) is 30.3 Å². The molecular formula is C20H22O7. The van der Waals surface area contributed by atoms with Gasteiger partial charge in [0.1, 0.15) is 23.7 Å². The number of hydrogen-bond acceptors (Lipinski definition) is 7. The van der Waals surface area contributed by atoms with Gasteiger partial charge < -0.3 is 28.8 Å². The first kappa shape index (κ1) is 18.8. The van der Waals surface area contributed by atoms with Crippen molar-refractivity contribution in [2.24, 2.45) is 0 Å². The molecule has 0 radical (unpaired) electrons. The molecule has 1 heterocycles. The summed E-state index contributed by atoms with van der Waals surface area (Å²) in [7, 11) is 5.92. The molecule has 0 amide bonds. The summed E-state index contributed by atoms with van der Waals surface area (Å²) < 4.78 is 26.8. The van der Waals surface area contributed by atoms with Crippen molar-refractivity contribution in [1.82, 2.24) is 0 Å². The molecule has 2 aromatic carbocycles. The molecule has 2 aromatic rings. The van der Waals surface area contributed by atoms with Gasteiger partial charge in [-0.3, -0.25) is 4.79 Å². The number of carbonyl (C=O) groups excluding carboxylic acids is 1. The number of fused-ring (bicyclic) bond motifs is 1. The molecule has 7 nitrogen and oxygen atoms in total. The summed E-state index contributed by atoms with van der Waals surface area (Å²) >= 11 is 0. The Morgan fingerprint density at radius 2 is 1.67 bits per heavy atom. The Kier molecular flexibility index (Phi) is 5.14. The predicted octanol–water partition coefficient (Wildman–Crippen LogP) is 2.27. The van der Waals surface area contributed by atoms with E-state index >= 15 is 0 Å². The third-order valence-electron chi connectivity index (χ3n) is 4.57. The van der Waals surface area contributed by atoms with Gasteiger partial charge >= 0.3 is 0 Å². The number of ether oxygens (including phenoxy) is 5. The second-order valence-corrected chi connectivity index (χ2v) is 6.19. The molecular weight excluding hydrogens is 352 g/mol. The number of aliphatic hydroxyl groups is 1. The number of hydrogen-bond donors (Lipinski definition) is 1. The van der Waals surface area contributed by atoms with Crippen LogP contribution >= 0.6 is 0 Å². The average molecular weight is 374 g/mol. The van der Waals surface area contributed by atoms with Crippen molar-refractivity contribution < 1.29 is 33.6 Å². The highest BCUT2D eigenvalue weighted by atomic mass is 16.5. The zero-order chi connectivity index (χ0) is 19.6. The van der Waals surface area contributed by atoms with Crippen molar-refractivity contribution >= 4 is 5.78 Å². The first-order chi connectivity index (χ1) is 13.0. The van der Waals surface area contributed by atoms with E-state index in [1.54, 1.807) is 37.4 Å². The molecule has 144 valence electrons. The molecule has 3 rings (SSSR count). The normalized spacial score (nSPS) is 18.3. The maximum atomic E-state index is 13.2. The Labute approximate surface area is 157 Å². The summed E-state index contributed by atoms with van der Waals surface area (Å²) in [6.45, 7) is -0.177. The van der Waals surface area contributed by atoms with Gasteiger partial charge in [0.2, 0.25) is 11.5 Å². The van der Waals surface area contributed by atoms with E-state index in [4.69, 9.17) is 23.7 Å². The van der Waals surface area contributed by atoms with Crippen LogP contribution in [0.1, 0.15) is 15.9 Å². The highest BCUT2D eigenvalue weighted by Crippen LogP contribution is 2.48. The molecule has 0 bridgehead atoms. The lowest BCUT2D eigenvalue weighted by Gasteiger charge is -2.33. The monoisotopic (exact) mass is 374 g/mol. The highest BCUT2D eigenvalue weighted by molar-refractivity contribution is 6.09. The predicted molar refractivity (Wildman–Crippen MR) is 97.6 cm³/mol. The lowest BCUT2D eigenvalue weighted by molar-refractivity contribution is -0.00250. The van der Waals surface area contributed by atoms with Crippen LogP contribution in [0, 0.1) is 0 Å². The van der Waals surface area contributed by atoms with Gasteiger partial charge in [-0.15, -0.1) is 0 Å². The number of Topliss-reactive ketones (excluding diaryl/α,β-unsaturated/α-hetero) is 1. The SMILES string of the molecule is COc1ccc(C[C@]2(O)COc3cc(OC)c(OC)c(OC)c3C2=O)cc1. The van der Waals surface area contributed by atoms with Crippen LogP contribution in [0.4, 0.5) is 0 Å². The molecule has 0 spiro atoms. The van der Waals surface area contributed by atoms with Crippen molar-refractivity contribution in [1.29, 1.82) is 0 Å². The van der Waals surface area contributed by atoms with E-state index in [0.29, 0.717) is 11.5 Å². The summed E-state index contributed by atoms with van der Waals surface area (Å²) in [5, 5.41) is 11.0. The van der Waals surface area contributed by atoms with E-state index in [0.717, 1.165) is 5.56 Å². The number of benzene rings is 2. The summed E-state index contributed by atoms with van der Waals surface area (Å²) in [6, 6.07) is 8.70. The number of carbonyl (C=O) groups is 1. The molecule has 1 aliphatic heterocycles. The Morgan fingerprint density at radius 1 is 1.00 bits per heavy atom. The van der Waals surface area contributed by atoms with Gasteiger partial charge in [-0.25, -0.2) is 0 Å². The fraction of sp³-hybridized carbons (Fsp3) is 0.350. The third kappa shape index (κ3) is 3.26. The maximum Gasteiger partial charge on any atom is 0.205 e. The Morgan fingerprint density at radius 3 is 2.22 bits per heavy atom. The van der Waals surface area contributed by atoms with Gasteiger partial charge in [-0.05, 0) is 17.7 Å². The molecule has 0 saturated heterocycles. The largest absolute Gasteiger partial charge is 0.497 e. The van der Waals surface area contributed by atoms with Crippen molar-refractivity contribution in [3.63, 3.8) is 0 Å². The van der Waals surface area contributed by atoms with E-state index in [-0.39, 0.29) is 35.8 Å². The van der Waals surface area contributed by atoms with Crippen LogP contribution in [0.2, 0.25) is 0 Å². The minimum atomic E-state index is -1.73. The molecule has 0 fully saturated rings. The maximum absolute atomic E-state index is 13.2. The molecule has 0 unspecified atom stereocenters. The van der Waals surface area contributed by atoms with Crippen LogP contribution in [-0.2, 0) is 6.42 Å². The topological polar surface area (TPSA) is 83.5 Å². The number of ketones is 1. The van der Waals surface area contributed by atoms with E-state index in [1.807, 2.05) is 0 Å². The summed E-state index contributed by atoms with van der Waals surface area (Å²) in [4.78, 5) is 13.2. The summed E-state index contributed by atoms with van der Waals surface area (Å²) in [5.74, 6) is 1.31. The zero-order valence-corrected chi connectivity index (χ0v) is 15.7. The molecule has 1 atom stereocenters. The fourth-order valence-corrected chi connectivity index (χ4v) is 3.17.